The monoisotopic (exact) mass is 382 g/mol. The predicted octanol–water partition coefficient (Wildman–Crippen LogP) is 1.90. The Morgan fingerprint density at radius 1 is 1.26 bits per heavy atom. The van der Waals surface area contributed by atoms with Crippen LogP contribution in [-0.2, 0) is 4.79 Å². The van der Waals surface area contributed by atoms with Crippen LogP contribution in [0.5, 0.6) is 0 Å². The van der Waals surface area contributed by atoms with Crippen LogP contribution in [-0.4, -0.2) is 44.3 Å². The molecule has 2 aromatic heterocycles. The van der Waals surface area contributed by atoms with Crippen LogP contribution in [0, 0.1) is 17.2 Å². The molecule has 3 heterocycles. The summed E-state index contributed by atoms with van der Waals surface area (Å²) in [5, 5.41) is 27.9. The Hall–Kier alpha value is -3.25. The Balaban J connectivity index is 1.38. The Labute approximate surface area is 159 Å². The van der Waals surface area contributed by atoms with E-state index < -0.39 is 0 Å². The third-order valence-electron chi connectivity index (χ3n) is 4.60. The number of nitriles is 1. The Morgan fingerprint density at radius 2 is 2.07 bits per heavy atom. The molecule has 1 aliphatic rings. The van der Waals surface area contributed by atoms with Gasteiger partial charge in [0, 0.05) is 24.7 Å². The minimum atomic E-state index is -0.0979. The van der Waals surface area contributed by atoms with Gasteiger partial charge < -0.3 is 10.2 Å². The smallest absolute Gasteiger partial charge is 0.227 e. The van der Waals surface area contributed by atoms with E-state index in [-0.39, 0.29) is 11.8 Å². The lowest BCUT2D eigenvalue weighted by molar-refractivity contribution is -0.120. The largest absolute Gasteiger partial charge is 0.355 e. The predicted molar refractivity (Wildman–Crippen MR) is 98.3 cm³/mol. The molecule has 1 saturated heterocycles. The molecule has 0 saturated carbocycles. The van der Waals surface area contributed by atoms with Crippen molar-refractivity contribution in [2.75, 3.05) is 23.3 Å². The fourth-order valence-electron chi connectivity index (χ4n) is 3.11. The standard InChI is InChI=1S/C17H15ClN8O/c18-14-2-1-13(9-12(14)10-19)20-17(27)11-5-7-25(8-6-11)16-4-3-15-21-23-24-26(15)22-16/h1-4,9,11H,5-8H2,(H,20,27). The van der Waals surface area contributed by atoms with Crippen molar-refractivity contribution in [3.05, 3.63) is 40.9 Å². The fourth-order valence-corrected chi connectivity index (χ4v) is 3.27. The molecule has 0 atom stereocenters. The van der Waals surface area contributed by atoms with E-state index >= 15 is 0 Å². The van der Waals surface area contributed by atoms with Gasteiger partial charge in [-0.2, -0.15) is 5.26 Å². The van der Waals surface area contributed by atoms with Crippen LogP contribution < -0.4 is 10.2 Å². The number of hydrogen-bond donors (Lipinski definition) is 1. The second kappa shape index (κ2) is 7.17. The summed E-state index contributed by atoms with van der Waals surface area (Å²) in [4.78, 5) is 14.7. The molecule has 9 nitrogen and oxygen atoms in total. The molecule has 1 aliphatic heterocycles. The molecule has 0 aliphatic carbocycles. The van der Waals surface area contributed by atoms with Gasteiger partial charge in [-0.3, -0.25) is 4.79 Å². The van der Waals surface area contributed by atoms with Crippen molar-refractivity contribution in [3.8, 4) is 6.07 Å². The highest BCUT2D eigenvalue weighted by Crippen LogP contribution is 2.24. The Kier molecular flexibility index (Phi) is 4.56. The van der Waals surface area contributed by atoms with Crippen molar-refractivity contribution in [1.29, 1.82) is 5.26 Å². The summed E-state index contributed by atoms with van der Waals surface area (Å²) in [6.45, 7) is 1.42. The Bertz CT molecular complexity index is 1030. The third-order valence-corrected chi connectivity index (χ3v) is 4.93. The topological polar surface area (TPSA) is 112 Å². The highest BCUT2D eigenvalue weighted by atomic mass is 35.5. The van der Waals surface area contributed by atoms with E-state index in [1.54, 1.807) is 18.2 Å². The number of carbonyl (C=O) groups is 1. The summed E-state index contributed by atoms with van der Waals surface area (Å²) >= 11 is 5.92. The van der Waals surface area contributed by atoms with Gasteiger partial charge >= 0.3 is 0 Å². The van der Waals surface area contributed by atoms with Gasteiger partial charge in [0.05, 0.1) is 10.6 Å². The first-order valence-corrected chi connectivity index (χ1v) is 8.83. The van der Waals surface area contributed by atoms with Crippen molar-refractivity contribution in [2.24, 2.45) is 5.92 Å². The number of tetrazole rings is 1. The minimum absolute atomic E-state index is 0.0512. The zero-order valence-corrected chi connectivity index (χ0v) is 15.0. The number of fused-ring (bicyclic) bond motifs is 1. The van der Waals surface area contributed by atoms with Gasteiger partial charge in [-0.05, 0) is 53.6 Å². The maximum absolute atomic E-state index is 12.5. The number of anilines is 2. The van der Waals surface area contributed by atoms with Crippen molar-refractivity contribution in [1.82, 2.24) is 25.3 Å². The van der Waals surface area contributed by atoms with Crippen LogP contribution in [0.15, 0.2) is 30.3 Å². The van der Waals surface area contributed by atoms with Gasteiger partial charge in [0.25, 0.3) is 0 Å². The summed E-state index contributed by atoms with van der Waals surface area (Å²) in [5.41, 5.74) is 1.51. The second-order valence-corrected chi connectivity index (χ2v) is 6.68. The summed E-state index contributed by atoms with van der Waals surface area (Å²) < 4.78 is 1.39. The number of aromatic nitrogens is 5. The lowest BCUT2D eigenvalue weighted by Crippen LogP contribution is -2.38. The SMILES string of the molecule is N#Cc1cc(NC(=O)C2CCN(c3ccc4nnnn4n3)CC2)ccc1Cl. The number of carbonyl (C=O) groups excluding carboxylic acids is 1. The van der Waals surface area contributed by atoms with Crippen molar-refractivity contribution < 1.29 is 4.79 Å². The van der Waals surface area contributed by atoms with Crippen molar-refractivity contribution in [2.45, 2.75) is 12.8 Å². The summed E-state index contributed by atoms with van der Waals surface area (Å²) in [7, 11) is 0. The highest BCUT2D eigenvalue weighted by Gasteiger charge is 2.26. The maximum atomic E-state index is 12.5. The molecule has 0 spiro atoms. The fraction of sp³-hybridized carbons (Fsp3) is 0.294. The van der Waals surface area contributed by atoms with Gasteiger partial charge in [0.2, 0.25) is 5.91 Å². The van der Waals surface area contributed by atoms with E-state index in [0.717, 1.165) is 5.82 Å². The van der Waals surface area contributed by atoms with E-state index in [1.807, 2.05) is 18.2 Å². The molecular formula is C17H15ClN8O. The quantitative estimate of drug-likeness (QED) is 0.736. The third kappa shape index (κ3) is 3.52. The Morgan fingerprint density at radius 3 is 2.85 bits per heavy atom. The molecule has 1 N–H and O–H groups in total. The lowest BCUT2D eigenvalue weighted by atomic mass is 9.95. The first kappa shape index (κ1) is 17.2. The average Bonchev–Trinajstić information content (AvgIpc) is 3.17. The second-order valence-electron chi connectivity index (χ2n) is 6.28. The number of amides is 1. The molecular weight excluding hydrogens is 368 g/mol. The van der Waals surface area contributed by atoms with E-state index in [2.05, 4.69) is 30.8 Å². The molecule has 4 rings (SSSR count). The van der Waals surface area contributed by atoms with Gasteiger partial charge in [-0.1, -0.05) is 11.6 Å². The van der Waals surface area contributed by atoms with Crippen LogP contribution >= 0.6 is 11.6 Å². The number of benzene rings is 1. The zero-order valence-electron chi connectivity index (χ0n) is 14.2. The lowest BCUT2D eigenvalue weighted by Gasteiger charge is -2.31. The molecule has 3 aromatic rings. The van der Waals surface area contributed by atoms with E-state index in [1.165, 1.54) is 4.63 Å². The molecule has 1 fully saturated rings. The number of hydrogen-bond acceptors (Lipinski definition) is 7. The van der Waals surface area contributed by atoms with Gasteiger partial charge in [-0.25, -0.2) is 0 Å². The van der Waals surface area contributed by atoms with Crippen molar-refractivity contribution >= 4 is 34.7 Å². The normalized spacial score (nSPS) is 14.9. The van der Waals surface area contributed by atoms with E-state index in [4.69, 9.17) is 16.9 Å². The van der Waals surface area contributed by atoms with Gasteiger partial charge in [0.15, 0.2) is 11.5 Å². The first-order valence-electron chi connectivity index (χ1n) is 8.45. The van der Waals surface area contributed by atoms with Crippen LogP contribution in [0.4, 0.5) is 11.5 Å². The molecule has 1 amide bonds. The van der Waals surface area contributed by atoms with Crippen LogP contribution in [0.25, 0.3) is 5.65 Å². The van der Waals surface area contributed by atoms with E-state index in [9.17, 15) is 4.79 Å². The summed E-state index contributed by atoms with van der Waals surface area (Å²) in [6.07, 6.45) is 1.42. The molecule has 1 aromatic carbocycles. The van der Waals surface area contributed by atoms with Crippen LogP contribution in [0.2, 0.25) is 5.02 Å². The average molecular weight is 383 g/mol. The number of halogens is 1. The van der Waals surface area contributed by atoms with Gasteiger partial charge in [0.1, 0.15) is 6.07 Å². The van der Waals surface area contributed by atoms with Crippen LogP contribution in [0.1, 0.15) is 18.4 Å². The highest BCUT2D eigenvalue weighted by molar-refractivity contribution is 6.31. The minimum Gasteiger partial charge on any atom is -0.355 e. The molecule has 0 radical (unpaired) electrons. The molecule has 0 unspecified atom stereocenters. The number of rotatable bonds is 3. The summed E-state index contributed by atoms with van der Waals surface area (Å²) in [6, 6.07) is 10.6. The maximum Gasteiger partial charge on any atom is 0.227 e. The van der Waals surface area contributed by atoms with E-state index in [0.29, 0.717) is 47.9 Å². The van der Waals surface area contributed by atoms with Crippen molar-refractivity contribution in [3.63, 3.8) is 0 Å². The van der Waals surface area contributed by atoms with Crippen LogP contribution in [0.3, 0.4) is 0 Å². The number of piperidine rings is 1. The summed E-state index contributed by atoms with van der Waals surface area (Å²) in [5.74, 6) is 0.633. The molecule has 0 bridgehead atoms. The number of nitrogens with one attached hydrogen (secondary N) is 1. The molecule has 10 heteroatoms. The van der Waals surface area contributed by atoms with Gasteiger partial charge in [-0.15, -0.1) is 14.8 Å². The first-order chi connectivity index (χ1) is 13.1. The zero-order chi connectivity index (χ0) is 18.8. The molecule has 136 valence electrons. The molecule has 27 heavy (non-hydrogen) atoms. The number of nitrogens with zero attached hydrogens (tertiary/aromatic N) is 7.